The van der Waals surface area contributed by atoms with Crippen LogP contribution in [0.3, 0.4) is 0 Å². The summed E-state index contributed by atoms with van der Waals surface area (Å²) in [6.45, 7) is 2.08. The van der Waals surface area contributed by atoms with Crippen LogP contribution in [0.4, 0.5) is 22.0 Å². The Labute approximate surface area is 167 Å². The second-order valence-corrected chi connectivity index (χ2v) is 7.71. The molecule has 2 N–H and O–H groups in total. The first-order valence-electron chi connectivity index (χ1n) is 9.26. The molecule has 7 nitrogen and oxygen atoms in total. The number of rotatable bonds is 3. The number of amides is 2. The Morgan fingerprint density at radius 2 is 2.00 bits per heavy atom. The van der Waals surface area contributed by atoms with Crippen molar-refractivity contribution in [3.05, 3.63) is 47.6 Å². The molecule has 1 aromatic carbocycles. The number of carbonyl (C=O) groups excluding carboxylic acids is 1. The number of anilines is 3. The van der Waals surface area contributed by atoms with Crippen LogP contribution in [0.2, 0.25) is 5.02 Å². The van der Waals surface area contributed by atoms with Crippen LogP contribution < -0.4 is 15.1 Å². The van der Waals surface area contributed by atoms with E-state index in [-0.39, 0.29) is 5.91 Å². The Kier molecular flexibility index (Phi) is 4.85. The van der Waals surface area contributed by atoms with Gasteiger partial charge in [-0.25, -0.2) is 9.78 Å². The van der Waals surface area contributed by atoms with E-state index in [4.69, 9.17) is 16.7 Å². The molecule has 1 atom stereocenters. The fraction of sp³-hybridized carbons (Fsp3) is 0.350. The summed E-state index contributed by atoms with van der Waals surface area (Å²) >= 11 is 6.31. The average Bonchev–Trinajstić information content (AvgIpc) is 2.98. The molecule has 28 heavy (non-hydrogen) atoms. The molecule has 2 fully saturated rings. The monoisotopic (exact) mass is 400 g/mol. The van der Waals surface area contributed by atoms with Crippen LogP contribution >= 0.6 is 11.6 Å². The SMILES string of the molecule is O=C(O)Nc1ccc(N2CCC[C@@]3(CCN(c4ccccc4Cl)C3=O)C2)nc1. The second-order valence-electron chi connectivity index (χ2n) is 7.30. The topological polar surface area (TPSA) is 85.8 Å². The number of carboxylic acid groups (broad SMARTS) is 1. The number of halogens is 1. The van der Waals surface area contributed by atoms with Crippen LogP contribution in [-0.4, -0.2) is 41.7 Å². The third-order valence-electron chi connectivity index (χ3n) is 5.56. The Balaban J connectivity index is 1.53. The Morgan fingerprint density at radius 3 is 2.71 bits per heavy atom. The maximum atomic E-state index is 13.3. The molecule has 2 aromatic rings. The Hall–Kier alpha value is -2.80. The highest BCUT2D eigenvalue weighted by Gasteiger charge is 2.49. The molecule has 2 saturated heterocycles. The summed E-state index contributed by atoms with van der Waals surface area (Å²) in [5.41, 5.74) is 0.757. The molecular weight excluding hydrogens is 380 g/mol. The van der Waals surface area contributed by atoms with E-state index in [9.17, 15) is 9.59 Å². The summed E-state index contributed by atoms with van der Waals surface area (Å²) < 4.78 is 0. The minimum absolute atomic E-state index is 0.120. The van der Waals surface area contributed by atoms with E-state index in [2.05, 4.69) is 15.2 Å². The van der Waals surface area contributed by atoms with Gasteiger partial charge in [0.1, 0.15) is 5.82 Å². The highest BCUT2D eigenvalue weighted by atomic mass is 35.5. The minimum atomic E-state index is -1.12. The fourth-order valence-corrected chi connectivity index (χ4v) is 4.44. The number of pyridine rings is 1. The molecule has 0 unspecified atom stereocenters. The number of benzene rings is 1. The zero-order valence-corrected chi connectivity index (χ0v) is 16.0. The molecule has 1 aromatic heterocycles. The van der Waals surface area contributed by atoms with E-state index < -0.39 is 11.5 Å². The number of aromatic nitrogens is 1. The Bertz CT molecular complexity index is 905. The summed E-state index contributed by atoms with van der Waals surface area (Å²) in [6.07, 6.45) is 2.91. The van der Waals surface area contributed by atoms with Gasteiger partial charge in [-0.05, 0) is 43.5 Å². The summed E-state index contributed by atoms with van der Waals surface area (Å²) in [7, 11) is 0. The lowest BCUT2D eigenvalue weighted by atomic mass is 9.78. The van der Waals surface area contributed by atoms with Crippen molar-refractivity contribution in [2.75, 3.05) is 34.8 Å². The zero-order chi connectivity index (χ0) is 19.7. The van der Waals surface area contributed by atoms with Crippen molar-refractivity contribution < 1.29 is 14.7 Å². The predicted octanol–water partition coefficient (Wildman–Crippen LogP) is 3.85. The van der Waals surface area contributed by atoms with Gasteiger partial charge in [-0.1, -0.05) is 23.7 Å². The molecule has 0 aliphatic carbocycles. The summed E-state index contributed by atoms with van der Waals surface area (Å²) in [5, 5.41) is 11.7. The van der Waals surface area contributed by atoms with Crippen LogP contribution in [-0.2, 0) is 4.79 Å². The van der Waals surface area contributed by atoms with Gasteiger partial charge in [0.05, 0.1) is 28.0 Å². The number of para-hydroxylation sites is 1. The maximum Gasteiger partial charge on any atom is 0.409 e. The van der Waals surface area contributed by atoms with Gasteiger partial charge in [0.15, 0.2) is 0 Å². The number of nitrogens with zero attached hydrogens (tertiary/aromatic N) is 3. The molecule has 1 spiro atoms. The molecule has 2 aliphatic rings. The third-order valence-corrected chi connectivity index (χ3v) is 5.88. The predicted molar refractivity (Wildman–Crippen MR) is 108 cm³/mol. The molecule has 0 saturated carbocycles. The van der Waals surface area contributed by atoms with Gasteiger partial charge in [-0.15, -0.1) is 0 Å². The molecule has 3 heterocycles. The highest BCUT2D eigenvalue weighted by Crippen LogP contribution is 2.43. The Morgan fingerprint density at radius 1 is 1.18 bits per heavy atom. The van der Waals surface area contributed by atoms with Crippen molar-refractivity contribution in [3.8, 4) is 0 Å². The number of carbonyl (C=O) groups is 2. The number of nitrogens with one attached hydrogen (secondary N) is 1. The van der Waals surface area contributed by atoms with E-state index in [0.29, 0.717) is 23.8 Å². The molecule has 2 amide bonds. The van der Waals surface area contributed by atoms with Gasteiger partial charge in [0.2, 0.25) is 5.91 Å². The number of hydrogen-bond donors (Lipinski definition) is 2. The van der Waals surface area contributed by atoms with Crippen LogP contribution in [0.25, 0.3) is 0 Å². The largest absolute Gasteiger partial charge is 0.465 e. The van der Waals surface area contributed by atoms with Crippen LogP contribution in [0, 0.1) is 5.41 Å². The normalized spacial score (nSPS) is 22.0. The average molecular weight is 401 g/mol. The van der Waals surface area contributed by atoms with E-state index in [0.717, 1.165) is 37.3 Å². The number of piperidine rings is 1. The van der Waals surface area contributed by atoms with Crippen molar-refractivity contribution >= 4 is 40.8 Å². The molecule has 0 bridgehead atoms. The van der Waals surface area contributed by atoms with Crippen molar-refractivity contribution in [1.82, 2.24) is 4.98 Å². The first-order valence-corrected chi connectivity index (χ1v) is 9.64. The van der Waals surface area contributed by atoms with E-state index in [1.54, 1.807) is 23.1 Å². The molecular formula is C20H21ClN4O3. The molecule has 8 heteroatoms. The fourth-order valence-electron chi connectivity index (χ4n) is 4.20. The van der Waals surface area contributed by atoms with Gasteiger partial charge in [-0.2, -0.15) is 0 Å². The number of hydrogen-bond acceptors (Lipinski definition) is 4. The van der Waals surface area contributed by atoms with Crippen LogP contribution in [0.5, 0.6) is 0 Å². The summed E-state index contributed by atoms with van der Waals surface area (Å²) in [4.78, 5) is 32.4. The van der Waals surface area contributed by atoms with Gasteiger partial charge < -0.3 is 14.9 Å². The first kappa shape index (κ1) is 18.6. The summed E-state index contributed by atoms with van der Waals surface area (Å²) in [6, 6.07) is 10.9. The van der Waals surface area contributed by atoms with E-state index in [1.807, 2.05) is 18.2 Å². The highest BCUT2D eigenvalue weighted by molar-refractivity contribution is 6.34. The lowest BCUT2D eigenvalue weighted by molar-refractivity contribution is -0.126. The van der Waals surface area contributed by atoms with Gasteiger partial charge in [0.25, 0.3) is 0 Å². The second kappa shape index (κ2) is 7.31. The molecule has 0 radical (unpaired) electrons. The standard InChI is InChI=1S/C20H21ClN4O3/c21-15-4-1-2-5-16(15)25-11-9-20(18(25)26)8-3-10-24(13-20)17-7-6-14(12-22-17)23-19(27)28/h1-2,4-7,12,23H,3,8-11,13H2,(H,27,28)/t20-/m1/s1. The minimum Gasteiger partial charge on any atom is -0.465 e. The van der Waals surface area contributed by atoms with Gasteiger partial charge in [-0.3, -0.25) is 10.1 Å². The van der Waals surface area contributed by atoms with Crippen molar-refractivity contribution in [1.29, 1.82) is 0 Å². The van der Waals surface area contributed by atoms with Gasteiger partial charge in [0, 0.05) is 19.6 Å². The van der Waals surface area contributed by atoms with Gasteiger partial charge >= 0.3 is 6.09 Å². The zero-order valence-electron chi connectivity index (χ0n) is 15.3. The smallest absolute Gasteiger partial charge is 0.409 e. The molecule has 146 valence electrons. The van der Waals surface area contributed by atoms with E-state index >= 15 is 0 Å². The quantitative estimate of drug-likeness (QED) is 0.817. The first-order chi connectivity index (χ1) is 13.5. The van der Waals surface area contributed by atoms with E-state index in [1.165, 1.54) is 6.20 Å². The van der Waals surface area contributed by atoms with Crippen LogP contribution in [0.1, 0.15) is 19.3 Å². The van der Waals surface area contributed by atoms with Crippen molar-refractivity contribution in [2.24, 2.45) is 5.41 Å². The lowest BCUT2D eigenvalue weighted by Gasteiger charge is -2.39. The third kappa shape index (κ3) is 3.38. The van der Waals surface area contributed by atoms with Crippen LogP contribution in [0.15, 0.2) is 42.6 Å². The molecule has 2 aliphatic heterocycles. The lowest BCUT2D eigenvalue weighted by Crippen LogP contribution is -2.48. The maximum absolute atomic E-state index is 13.3. The summed E-state index contributed by atoms with van der Waals surface area (Å²) in [5.74, 6) is 0.869. The van der Waals surface area contributed by atoms with Crippen molar-refractivity contribution in [2.45, 2.75) is 19.3 Å². The molecule has 4 rings (SSSR count). The van der Waals surface area contributed by atoms with Crippen molar-refractivity contribution in [3.63, 3.8) is 0 Å².